The largest absolute Gasteiger partial charge is 0.392 e. The van der Waals surface area contributed by atoms with Crippen molar-refractivity contribution in [3.63, 3.8) is 0 Å². The lowest BCUT2D eigenvalue weighted by Crippen LogP contribution is -2.31. The van der Waals surface area contributed by atoms with Crippen molar-refractivity contribution in [3.8, 4) is 0 Å². The van der Waals surface area contributed by atoms with Crippen LogP contribution in [0.3, 0.4) is 0 Å². The van der Waals surface area contributed by atoms with Crippen molar-refractivity contribution in [1.82, 2.24) is 4.72 Å². The predicted molar refractivity (Wildman–Crippen MR) is 78.6 cm³/mol. The molecule has 1 aromatic carbocycles. The third kappa shape index (κ3) is 4.25. The molecule has 21 heavy (non-hydrogen) atoms. The maximum absolute atomic E-state index is 13.8. The van der Waals surface area contributed by atoms with E-state index in [1.165, 1.54) is 12.1 Å². The van der Waals surface area contributed by atoms with Gasteiger partial charge in [0.15, 0.2) is 0 Å². The lowest BCUT2D eigenvalue weighted by atomic mass is 9.83. The Morgan fingerprint density at radius 3 is 2.52 bits per heavy atom. The highest BCUT2D eigenvalue weighted by atomic mass is 32.2. The molecule has 2 rings (SSSR count). The van der Waals surface area contributed by atoms with Gasteiger partial charge >= 0.3 is 0 Å². The minimum atomic E-state index is -3.84. The SMILES string of the molecule is CC1CCC(CNS(=O)(=O)c2ccc(CO)cc2F)CC1. The van der Waals surface area contributed by atoms with Gasteiger partial charge in [0.2, 0.25) is 10.0 Å². The first-order chi connectivity index (χ1) is 9.92. The summed E-state index contributed by atoms with van der Waals surface area (Å²) < 4.78 is 40.6. The summed E-state index contributed by atoms with van der Waals surface area (Å²) in [6.45, 7) is 2.25. The minimum Gasteiger partial charge on any atom is -0.392 e. The summed E-state index contributed by atoms with van der Waals surface area (Å²) in [5.41, 5.74) is 0.354. The van der Waals surface area contributed by atoms with E-state index >= 15 is 0 Å². The summed E-state index contributed by atoms with van der Waals surface area (Å²) >= 11 is 0. The Balaban J connectivity index is 2.01. The first-order valence-electron chi connectivity index (χ1n) is 7.31. The first-order valence-corrected chi connectivity index (χ1v) is 8.79. The molecule has 1 fully saturated rings. The molecule has 1 aromatic rings. The topological polar surface area (TPSA) is 66.4 Å². The van der Waals surface area contributed by atoms with Gasteiger partial charge in [-0.15, -0.1) is 0 Å². The average molecular weight is 315 g/mol. The van der Waals surface area contributed by atoms with E-state index in [0.717, 1.165) is 31.7 Å². The molecule has 2 N–H and O–H groups in total. The number of aliphatic hydroxyl groups excluding tert-OH is 1. The molecule has 0 atom stereocenters. The van der Waals surface area contributed by atoms with Gasteiger partial charge in [0.1, 0.15) is 10.7 Å². The van der Waals surface area contributed by atoms with Gasteiger partial charge < -0.3 is 5.11 Å². The van der Waals surface area contributed by atoms with Crippen LogP contribution >= 0.6 is 0 Å². The number of benzene rings is 1. The van der Waals surface area contributed by atoms with Crippen LogP contribution in [0.25, 0.3) is 0 Å². The fraction of sp³-hybridized carbons (Fsp3) is 0.600. The van der Waals surface area contributed by atoms with E-state index in [-0.39, 0.29) is 11.5 Å². The molecule has 0 heterocycles. The Hall–Kier alpha value is -0.980. The highest BCUT2D eigenvalue weighted by Crippen LogP contribution is 2.28. The standard InChI is InChI=1S/C15H22FNO3S/c1-11-2-4-12(5-3-11)9-17-21(19,20)15-7-6-13(10-18)8-14(15)16/h6-8,11-12,17-18H,2-5,9-10H2,1H3. The lowest BCUT2D eigenvalue weighted by Gasteiger charge is -2.26. The number of hydrogen-bond acceptors (Lipinski definition) is 3. The third-order valence-electron chi connectivity index (χ3n) is 4.17. The predicted octanol–water partition coefficient (Wildman–Crippen LogP) is 2.42. The summed E-state index contributed by atoms with van der Waals surface area (Å²) in [6.07, 6.45) is 4.25. The van der Waals surface area contributed by atoms with Gasteiger partial charge in [-0.05, 0) is 42.4 Å². The molecule has 4 nitrogen and oxygen atoms in total. The molecule has 0 aliphatic heterocycles. The van der Waals surface area contributed by atoms with E-state index in [1.54, 1.807) is 0 Å². The van der Waals surface area contributed by atoms with Crippen LogP contribution in [0.5, 0.6) is 0 Å². The molecule has 0 saturated heterocycles. The molecule has 1 aliphatic carbocycles. The zero-order valence-corrected chi connectivity index (χ0v) is 13.0. The second-order valence-electron chi connectivity index (χ2n) is 5.90. The van der Waals surface area contributed by atoms with Crippen molar-refractivity contribution in [3.05, 3.63) is 29.6 Å². The van der Waals surface area contributed by atoms with Crippen LogP contribution in [0.15, 0.2) is 23.1 Å². The second kappa shape index (κ2) is 6.85. The molecule has 1 aliphatic rings. The number of nitrogens with one attached hydrogen (secondary N) is 1. The van der Waals surface area contributed by atoms with Gasteiger partial charge in [-0.3, -0.25) is 0 Å². The number of rotatable bonds is 5. The molecule has 118 valence electrons. The van der Waals surface area contributed by atoms with Crippen LogP contribution in [-0.2, 0) is 16.6 Å². The summed E-state index contributed by atoms with van der Waals surface area (Å²) in [4.78, 5) is -0.358. The number of aliphatic hydroxyl groups is 1. The number of hydrogen-bond donors (Lipinski definition) is 2. The minimum absolute atomic E-state index is 0.315. The second-order valence-corrected chi connectivity index (χ2v) is 7.64. The van der Waals surface area contributed by atoms with Crippen molar-refractivity contribution in [2.75, 3.05) is 6.54 Å². The molecule has 0 bridgehead atoms. The van der Waals surface area contributed by atoms with Crippen LogP contribution in [0.1, 0.15) is 38.2 Å². The molecular weight excluding hydrogens is 293 g/mol. The number of halogens is 1. The fourth-order valence-electron chi connectivity index (χ4n) is 2.70. The van der Waals surface area contributed by atoms with E-state index in [2.05, 4.69) is 11.6 Å². The van der Waals surface area contributed by atoms with Gasteiger partial charge in [0.25, 0.3) is 0 Å². The van der Waals surface area contributed by atoms with Crippen molar-refractivity contribution in [2.45, 2.75) is 44.1 Å². The summed E-state index contributed by atoms with van der Waals surface area (Å²) in [5, 5.41) is 8.92. The number of sulfonamides is 1. The molecule has 0 unspecified atom stereocenters. The third-order valence-corrected chi connectivity index (χ3v) is 5.62. The van der Waals surface area contributed by atoms with E-state index in [1.807, 2.05) is 0 Å². The van der Waals surface area contributed by atoms with Gasteiger partial charge in [-0.1, -0.05) is 25.8 Å². The van der Waals surface area contributed by atoms with E-state index in [9.17, 15) is 12.8 Å². The average Bonchev–Trinajstić information content (AvgIpc) is 2.46. The van der Waals surface area contributed by atoms with Crippen LogP contribution in [-0.4, -0.2) is 20.1 Å². The van der Waals surface area contributed by atoms with Gasteiger partial charge in [0.05, 0.1) is 6.61 Å². The zero-order valence-electron chi connectivity index (χ0n) is 12.2. The first kappa shape index (κ1) is 16.4. The van der Waals surface area contributed by atoms with Crippen LogP contribution < -0.4 is 4.72 Å². The van der Waals surface area contributed by atoms with Gasteiger partial charge in [-0.25, -0.2) is 17.5 Å². The van der Waals surface area contributed by atoms with Crippen LogP contribution in [0.4, 0.5) is 4.39 Å². The lowest BCUT2D eigenvalue weighted by molar-refractivity contribution is 0.281. The molecule has 0 spiro atoms. The fourth-order valence-corrected chi connectivity index (χ4v) is 3.87. The van der Waals surface area contributed by atoms with Crippen LogP contribution in [0, 0.1) is 17.7 Å². The van der Waals surface area contributed by atoms with E-state index in [4.69, 9.17) is 5.11 Å². The highest BCUT2D eigenvalue weighted by Gasteiger charge is 2.23. The summed E-state index contributed by atoms with van der Waals surface area (Å²) in [7, 11) is -3.84. The molecule has 0 radical (unpaired) electrons. The maximum atomic E-state index is 13.8. The normalized spacial score (nSPS) is 23.2. The molecule has 1 saturated carbocycles. The summed E-state index contributed by atoms with van der Waals surface area (Å²) in [5.74, 6) is 0.211. The van der Waals surface area contributed by atoms with E-state index in [0.29, 0.717) is 23.9 Å². The van der Waals surface area contributed by atoms with Crippen molar-refractivity contribution >= 4 is 10.0 Å². The molecule has 6 heteroatoms. The quantitative estimate of drug-likeness (QED) is 0.877. The van der Waals surface area contributed by atoms with E-state index < -0.39 is 15.8 Å². The summed E-state index contributed by atoms with van der Waals surface area (Å²) in [6, 6.07) is 3.67. The van der Waals surface area contributed by atoms with Crippen molar-refractivity contribution in [1.29, 1.82) is 0 Å². The Morgan fingerprint density at radius 1 is 1.29 bits per heavy atom. The monoisotopic (exact) mass is 315 g/mol. The maximum Gasteiger partial charge on any atom is 0.243 e. The Labute approximate surface area is 125 Å². The van der Waals surface area contributed by atoms with Crippen molar-refractivity contribution in [2.24, 2.45) is 11.8 Å². The Morgan fingerprint density at radius 2 is 1.95 bits per heavy atom. The Bertz CT molecular complexity index is 581. The van der Waals surface area contributed by atoms with Gasteiger partial charge in [0, 0.05) is 6.54 Å². The van der Waals surface area contributed by atoms with Crippen LogP contribution in [0.2, 0.25) is 0 Å². The molecular formula is C15H22FNO3S. The Kier molecular flexibility index (Phi) is 5.35. The highest BCUT2D eigenvalue weighted by molar-refractivity contribution is 7.89. The molecule has 0 aromatic heterocycles. The zero-order chi connectivity index (χ0) is 15.5. The van der Waals surface area contributed by atoms with Gasteiger partial charge in [-0.2, -0.15) is 0 Å². The smallest absolute Gasteiger partial charge is 0.243 e. The van der Waals surface area contributed by atoms with Crippen molar-refractivity contribution < 1.29 is 17.9 Å². The molecule has 0 amide bonds.